The van der Waals surface area contributed by atoms with Crippen LogP contribution in [0.3, 0.4) is 0 Å². The molecule has 5 nitrogen and oxygen atoms in total. The number of hydrogen-bond acceptors (Lipinski definition) is 3. The van der Waals surface area contributed by atoms with Gasteiger partial charge in [-0.1, -0.05) is 0 Å². The van der Waals surface area contributed by atoms with Crippen molar-refractivity contribution < 1.29 is 4.92 Å². The number of aromatic nitrogens is 1. The maximum Gasteiger partial charge on any atom is 0.270 e. The molecule has 2 rings (SSSR count). The summed E-state index contributed by atoms with van der Waals surface area (Å²) in [4.78, 5) is 10.0. The molecule has 2 aromatic rings. The second-order valence-electron chi connectivity index (χ2n) is 3.16. The summed E-state index contributed by atoms with van der Waals surface area (Å²) in [5.41, 5.74) is 0.843. The lowest BCUT2D eigenvalue weighted by Gasteiger charge is -2.04. The van der Waals surface area contributed by atoms with E-state index in [4.69, 9.17) is 5.26 Å². The topological polar surface area (TPSA) is 71.9 Å². The van der Waals surface area contributed by atoms with Gasteiger partial charge in [-0.05, 0) is 18.2 Å². The molecule has 5 heteroatoms. The molecule has 78 valence electrons. The van der Waals surface area contributed by atoms with E-state index >= 15 is 0 Å². The zero-order valence-electron chi connectivity index (χ0n) is 8.20. The zero-order valence-corrected chi connectivity index (χ0v) is 8.20. The summed E-state index contributed by atoms with van der Waals surface area (Å²) in [6.07, 6.45) is 3.56. The third-order valence-corrected chi connectivity index (χ3v) is 2.19. The van der Waals surface area contributed by atoms with Crippen molar-refractivity contribution in [3.05, 3.63) is 58.4 Å². The highest BCUT2D eigenvalue weighted by Crippen LogP contribution is 2.20. The lowest BCUT2D eigenvalue weighted by molar-refractivity contribution is -0.384. The molecule has 0 amide bonds. The molecule has 0 saturated heterocycles. The van der Waals surface area contributed by atoms with Crippen LogP contribution in [0.5, 0.6) is 0 Å². The molecule has 1 aromatic carbocycles. The van der Waals surface area contributed by atoms with Gasteiger partial charge in [0.05, 0.1) is 16.2 Å². The number of nitriles is 1. The van der Waals surface area contributed by atoms with E-state index in [9.17, 15) is 10.1 Å². The number of nitro groups is 1. The Hall–Kier alpha value is -2.61. The number of non-ortho nitro benzene ring substituents is 1. The summed E-state index contributed by atoms with van der Waals surface area (Å²) in [6, 6.07) is 9.82. The number of nitro benzene ring substituents is 1. The van der Waals surface area contributed by atoms with Crippen LogP contribution in [0.1, 0.15) is 5.56 Å². The molecule has 0 radical (unpaired) electrons. The molecule has 0 fully saturated rings. The first-order valence-electron chi connectivity index (χ1n) is 4.54. The normalized spacial score (nSPS) is 9.69. The minimum Gasteiger partial charge on any atom is -0.323 e. The summed E-state index contributed by atoms with van der Waals surface area (Å²) in [6.45, 7) is 0. The Morgan fingerprint density at radius 3 is 2.56 bits per heavy atom. The van der Waals surface area contributed by atoms with Gasteiger partial charge in [-0.15, -0.1) is 0 Å². The first kappa shape index (κ1) is 9.93. The maximum absolute atomic E-state index is 10.6. The molecule has 0 bridgehead atoms. The quantitative estimate of drug-likeness (QED) is 0.567. The highest BCUT2D eigenvalue weighted by atomic mass is 16.6. The van der Waals surface area contributed by atoms with Crippen LogP contribution in [0, 0.1) is 21.4 Å². The Kier molecular flexibility index (Phi) is 2.40. The first-order chi connectivity index (χ1) is 7.72. The van der Waals surface area contributed by atoms with E-state index in [1.807, 2.05) is 18.2 Å². The number of hydrogen-bond donors (Lipinski definition) is 0. The standard InChI is InChI=1S/C11H7N3O2/c12-8-9-7-10(14(15)16)3-4-11(9)13-5-1-2-6-13/h1-7H. The number of rotatable bonds is 2. The van der Waals surface area contributed by atoms with Gasteiger partial charge in [0.1, 0.15) is 6.07 Å². The molecule has 0 unspecified atom stereocenters. The van der Waals surface area contributed by atoms with Gasteiger partial charge in [-0.25, -0.2) is 0 Å². The molecule has 1 aromatic heterocycles. The van der Waals surface area contributed by atoms with E-state index in [-0.39, 0.29) is 11.3 Å². The van der Waals surface area contributed by atoms with Gasteiger partial charge < -0.3 is 4.57 Å². The van der Waals surface area contributed by atoms with Crippen molar-refractivity contribution in [2.75, 3.05) is 0 Å². The van der Waals surface area contributed by atoms with Crippen LogP contribution in [0.25, 0.3) is 5.69 Å². The molecule has 16 heavy (non-hydrogen) atoms. The Labute approximate surface area is 91.3 Å². The first-order valence-corrected chi connectivity index (χ1v) is 4.54. The summed E-state index contributed by atoms with van der Waals surface area (Å²) >= 11 is 0. The average molecular weight is 213 g/mol. The van der Waals surface area contributed by atoms with E-state index in [2.05, 4.69) is 0 Å². The van der Waals surface area contributed by atoms with Crippen LogP contribution in [0.15, 0.2) is 42.7 Å². The van der Waals surface area contributed by atoms with Gasteiger partial charge in [0.25, 0.3) is 5.69 Å². The van der Waals surface area contributed by atoms with Gasteiger partial charge in [0, 0.05) is 24.5 Å². The van der Waals surface area contributed by atoms with Gasteiger partial charge in [0.15, 0.2) is 0 Å². The molecular weight excluding hydrogens is 206 g/mol. The predicted octanol–water partition coefficient (Wildman–Crippen LogP) is 2.26. The lowest BCUT2D eigenvalue weighted by Crippen LogP contribution is -1.96. The van der Waals surface area contributed by atoms with Crippen LogP contribution in [-0.4, -0.2) is 9.49 Å². The van der Waals surface area contributed by atoms with Crippen molar-refractivity contribution in [3.63, 3.8) is 0 Å². The fourth-order valence-corrected chi connectivity index (χ4v) is 1.45. The Bertz CT molecular complexity index is 567. The Morgan fingerprint density at radius 2 is 2.00 bits per heavy atom. The molecule has 0 N–H and O–H groups in total. The molecule has 0 saturated carbocycles. The number of nitrogens with zero attached hydrogens (tertiary/aromatic N) is 3. The molecule has 0 aliphatic heterocycles. The van der Waals surface area contributed by atoms with Gasteiger partial charge in [-0.3, -0.25) is 10.1 Å². The zero-order chi connectivity index (χ0) is 11.5. The van der Waals surface area contributed by atoms with Gasteiger partial charge in [0.2, 0.25) is 0 Å². The Balaban J connectivity index is 2.57. The summed E-state index contributed by atoms with van der Waals surface area (Å²) in [5.74, 6) is 0. The van der Waals surface area contributed by atoms with Gasteiger partial charge in [-0.2, -0.15) is 5.26 Å². The van der Waals surface area contributed by atoms with Crippen LogP contribution in [0.2, 0.25) is 0 Å². The SMILES string of the molecule is N#Cc1cc([N+](=O)[O-])ccc1-n1cccc1. The Morgan fingerprint density at radius 1 is 1.31 bits per heavy atom. The van der Waals surface area contributed by atoms with E-state index < -0.39 is 4.92 Å². The summed E-state index contributed by atoms with van der Waals surface area (Å²) in [5, 5.41) is 19.5. The molecular formula is C11H7N3O2. The lowest BCUT2D eigenvalue weighted by atomic mass is 10.1. The summed E-state index contributed by atoms with van der Waals surface area (Å²) in [7, 11) is 0. The number of benzene rings is 1. The van der Waals surface area contributed by atoms with E-state index in [1.165, 1.54) is 12.1 Å². The molecule has 0 spiro atoms. The fourth-order valence-electron chi connectivity index (χ4n) is 1.45. The third-order valence-electron chi connectivity index (χ3n) is 2.19. The van der Waals surface area contributed by atoms with Crippen molar-refractivity contribution in [1.82, 2.24) is 4.57 Å². The fraction of sp³-hybridized carbons (Fsp3) is 0. The van der Waals surface area contributed by atoms with Crippen molar-refractivity contribution >= 4 is 5.69 Å². The minimum atomic E-state index is -0.514. The largest absolute Gasteiger partial charge is 0.323 e. The highest BCUT2D eigenvalue weighted by molar-refractivity contribution is 5.54. The van der Waals surface area contributed by atoms with E-state index in [0.717, 1.165) is 0 Å². The van der Waals surface area contributed by atoms with Crippen LogP contribution in [-0.2, 0) is 0 Å². The third kappa shape index (κ3) is 1.64. The van der Waals surface area contributed by atoms with Gasteiger partial charge >= 0.3 is 0 Å². The highest BCUT2D eigenvalue weighted by Gasteiger charge is 2.10. The monoisotopic (exact) mass is 213 g/mol. The molecule has 0 aliphatic carbocycles. The minimum absolute atomic E-state index is 0.0764. The average Bonchev–Trinajstić information content (AvgIpc) is 2.81. The van der Waals surface area contributed by atoms with Crippen molar-refractivity contribution in [3.8, 4) is 11.8 Å². The van der Waals surface area contributed by atoms with Crippen molar-refractivity contribution in [2.45, 2.75) is 0 Å². The van der Waals surface area contributed by atoms with E-state index in [0.29, 0.717) is 5.69 Å². The van der Waals surface area contributed by atoms with Crippen LogP contribution in [0.4, 0.5) is 5.69 Å². The second-order valence-corrected chi connectivity index (χ2v) is 3.16. The van der Waals surface area contributed by atoms with E-state index in [1.54, 1.807) is 23.0 Å². The predicted molar refractivity (Wildman–Crippen MR) is 57.1 cm³/mol. The summed E-state index contributed by atoms with van der Waals surface area (Å²) < 4.78 is 1.74. The van der Waals surface area contributed by atoms with Crippen molar-refractivity contribution in [1.29, 1.82) is 5.26 Å². The molecule has 1 heterocycles. The van der Waals surface area contributed by atoms with Crippen LogP contribution >= 0.6 is 0 Å². The molecule has 0 atom stereocenters. The smallest absolute Gasteiger partial charge is 0.270 e. The van der Waals surface area contributed by atoms with Crippen LogP contribution < -0.4 is 0 Å². The maximum atomic E-state index is 10.6. The second kappa shape index (κ2) is 3.87. The van der Waals surface area contributed by atoms with Crippen molar-refractivity contribution in [2.24, 2.45) is 0 Å². The molecule has 0 aliphatic rings.